The Balaban J connectivity index is 2.83. The molecule has 1 aromatic rings. The fourth-order valence-corrected chi connectivity index (χ4v) is 1.61. The normalized spacial score (nSPS) is 10.6. The zero-order chi connectivity index (χ0) is 10.6. The van der Waals surface area contributed by atoms with Crippen molar-refractivity contribution in [3.8, 4) is 0 Å². The molecule has 1 rings (SSSR count). The van der Waals surface area contributed by atoms with Crippen LogP contribution in [0.1, 0.15) is 42.6 Å². The van der Waals surface area contributed by atoms with Crippen LogP contribution in [-0.2, 0) is 0 Å². The molecule has 1 heteroatoms. The zero-order valence-corrected chi connectivity index (χ0v) is 9.21. The maximum absolute atomic E-state index is 11.9. The molecule has 0 heterocycles. The Hall–Kier alpha value is -1.11. The van der Waals surface area contributed by atoms with E-state index >= 15 is 0 Å². The number of carbonyl (C=O) groups is 1. The molecule has 1 aromatic carbocycles. The summed E-state index contributed by atoms with van der Waals surface area (Å²) in [5, 5.41) is 0. The molecule has 0 bridgehead atoms. The van der Waals surface area contributed by atoms with Gasteiger partial charge in [0.1, 0.15) is 0 Å². The van der Waals surface area contributed by atoms with Crippen molar-refractivity contribution in [1.29, 1.82) is 0 Å². The monoisotopic (exact) mass is 190 g/mol. The fraction of sp³-hybridized carbons (Fsp3) is 0.462. The molecule has 1 nitrogen and oxygen atoms in total. The van der Waals surface area contributed by atoms with Crippen LogP contribution in [0, 0.1) is 12.8 Å². The van der Waals surface area contributed by atoms with Gasteiger partial charge in [-0.15, -0.1) is 0 Å². The van der Waals surface area contributed by atoms with Crippen LogP contribution in [0.5, 0.6) is 0 Å². The SMILES string of the molecule is CCC(CC)C(=O)c1ccc(C)cc1. The van der Waals surface area contributed by atoms with Crippen LogP contribution in [0.2, 0.25) is 0 Å². The summed E-state index contributed by atoms with van der Waals surface area (Å²) in [5.74, 6) is 0.479. The minimum atomic E-state index is 0.192. The van der Waals surface area contributed by atoms with E-state index in [4.69, 9.17) is 0 Å². The van der Waals surface area contributed by atoms with Gasteiger partial charge in [-0.2, -0.15) is 0 Å². The van der Waals surface area contributed by atoms with Crippen molar-refractivity contribution >= 4 is 5.78 Å². The topological polar surface area (TPSA) is 17.1 Å². The van der Waals surface area contributed by atoms with Gasteiger partial charge in [-0.3, -0.25) is 4.79 Å². The van der Waals surface area contributed by atoms with Crippen molar-refractivity contribution in [3.63, 3.8) is 0 Å². The molecule has 0 aliphatic carbocycles. The van der Waals surface area contributed by atoms with E-state index in [-0.39, 0.29) is 11.7 Å². The van der Waals surface area contributed by atoms with E-state index in [9.17, 15) is 4.79 Å². The Labute approximate surface area is 86.1 Å². The van der Waals surface area contributed by atoms with E-state index in [1.54, 1.807) is 0 Å². The van der Waals surface area contributed by atoms with E-state index in [1.165, 1.54) is 5.56 Å². The molecule has 0 saturated carbocycles. The maximum Gasteiger partial charge on any atom is 0.165 e. The standard InChI is InChI=1S/C13H18O/c1-4-11(5-2)13(14)12-8-6-10(3)7-9-12/h6-9,11H,4-5H2,1-3H3. The van der Waals surface area contributed by atoms with Gasteiger partial charge < -0.3 is 0 Å². The highest BCUT2D eigenvalue weighted by Crippen LogP contribution is 2.15. The van der Waals surface area contributed by atoms with Crippen LogP contribution in [-0.4, -0.2) is 5.78 Å². The number of aryl methyl sites for hydroxylation is 1. The van der Waals surface area contributed by atoms with E-state index in [1.807, 2.05) is 31.2 Å². The predicted molar refractivity (Wildman–Crippen MR) is 59.6 cm³/mol. The number of ketones is 1. The first-order chi connectivity index (χ1) is 6.69. The van der Waals surface area contributed by atoms with Gasteiger partial charge in [0.05, 0.1) is 0 Å². The molecule has 0 atom stereocenters. The lowest BCUT2D eigenvalue weighted by molar-refractivity contribution is 0.0913. The highest BCUT2D eigenvalue weighted by molar-refractivity contribution is 5.97. The molecule has 0 aliphatic rings. The predicted octanol–water partition coefficient (Wildman–Crippen LogP) is 3.61. The van der Waals surface area contributed by atoms with Crippen molar-refractivity contribution in [2.75, 3.05) is 0 Å². The number of hydrogen-bond donors (Lipinski definition) is 0. The largest absolute Gasteiger partial charge is 0.294 e. The third-order valence-electron chi connectivity index (χ3n) is 2.69. The lowest BCUT2D eigenvalue weighted by Crippen LogP contribution is -2.12. The van der Waals surface area contributed by atoms with Crippen LogP contribution < -0.4 is 0 Å². The second-order valence-corrected chi connectivity index (χ2v) is 3.74. The minimum Gasteiger partial charge on any atom is -0.294 e. The first-order valence-corrected chi connectivity index (χ1v) is 5.29. The van der Waals surface area contributed by atoms with Crippen molar-refractivity contribution < 1.29 is 4.79 Å². The Morgan fingerprint density at radius 3 is 2.07 bits per heavy atom. The van der Waals surface area contributed by atoms with Crippen molar-refractivity contribution in [2.24, 2.45) is 5.92 Å². The summed E-state index contributed by atoms with van der Waals surface area (Å²) < 4.78 is 0. The minimum absolute atomic E-state index is 0.192. The number of carbonyl (C=O) groups excluding carboxylic acids is 1. The fourth-order valence-electron chi connectivity index (χ4n) is 1.61. The van der Waals surface area contributed by atoms with Gasteiger partial charge in [-0.25, -0.2) is 0 Å². The van der Waals surface area contributed by atoms with Gasteiger partial charge in [0.15, 0.2) is 5.78 Å². The summed E-state index contributed by atoms with van der Waals surface area (Å²) in [6, 6.07) is 7.84. The van der Waals surface area contributed by atoms with E-state index < -0.39 is 0 Å². The molecule has 0 unspecified atom stereocenters. The molecule has 0 amide bonds. The van der Waals surface area contributed by atoms with Crippen LogP contribution >= 0.6 is 0 Å². The first kappa shape index (κ1) is 11.0. The lowest BCUT2D eigenvalue weighted by Gasteiger charge is -2.10. The third-order valence-corrected chi connectivity index (χ3v) is 2.69. The molecule has 76 valence electrons. The Morgan fingerprint density at radius 1 is 1.14 bits per heavy atom. The average molecular weight is 190 g/mol. The summed E-state index contributed by atoms with van der Waals surface area (Å²) in [7, 11) is 0. The molecular weight excluding hydrogens is 172 g/mol. The number of rotatable bonds is 4. The number of Topliss-reactive ketones (excluding diaryl/α,β-unsaturated/α-hetero) is 1. The zero-order valence-electron chi connectivity index (χ0n) is 9.21. The molecule has 14 heavy (non-hydrogen) atoms. The molecule has 0 N–H and O–H groups in total. The maximum atomic E-state index is 11.9. The number of benzene rings is 1. The smallest absolute Gasteiger partial charge is 0.165 e. The molecule has 0 aromatic heterocycles. The summed E-state index contributed by atoms with van der Waals surface area (Å²) in [6.07, 6.45) is 1.87. The summed E-state index contributed by atoms with van der Waals surface area (Å²) >= 11 is 0. The van der Waals surface area contributed by atoms with Crippen LogP contribution in [0.4, 0.5) is 0 Å². The van der Waals surface area contributed by atoms with Crippen LogP contribution in [0.15, 0.2) is 24.3 Å². The third kappa shape index (κ3) is 2.44. The average Bonchev–Trinajstić information content (AvgIpc) is 2.20. The molecule has 0 fully saturated rings. The second-order valence-electron chi connectivity index (χ2n) is 3.74. The first-order valence-electron chi connectivity index (χ1n) is 5.29. The van der Waals surface area contributed by atoms with Crippen molar-refractivity contribution in [2.45, 2.75) is 33.6 Å². The summed E-state index contributed by atoms with van der Waals surface area (Å²) in [6.45, 7) is 6.17. The summed E-state index contributed by atoms with van der Waals surface area (Å²) in [4.78, 5) is 11.9. The van der Waals surface area contributed by atoms with Crippen molar-refractivity contribution in [3.05, 3.63) is 35.4 Å². The van der Waals surface area contributed by atoms with E-state index in [0.29, 0.717) is 0 Å². The van der Waals surface area contributed by atoms with Gasteiger partial charge >= 0.3 is 0 Å². The van der Waals surface area contributed by atoms with Gasteiger partial charge in [0.25, 0.3) is 0 Å². The lowest BCUT2D eigenvalue weighted by atomic mass is 9.93. The van der Waals surface area contributed by atoms with Gasteiger partial charge in [-0.05, 0) is 19.8 Å². The van der Waals surface area contributed by atoms with Crippen molar-refractivity contribution in [1.82, 2.24) is 0 Å². The Kier molecular flexibility index (Phi) is 3.87. The Bertz CT molecular complexity index is 294. The van der Waals surface area contributed by atoms with Gasteiger partial charge in [0.2, 0.25) is 0 Å². The molecule has 0 saturated heterocycles. The van der Waals surface area contributed by atoms with E-state index in [2.05, 4.69) is 13.8 Å². The van der Waals surface area contributed by atoms with Gasteiger partial charge in [0, 0.05) is 11.5 Å². The number of hydrogen-bond acceptors (Lipinski definition) is 1. The second kappa shape index (κ2) is 4.94. The van der Waals surface area contributed by atoms with E-state index in [0.717, 1.165) is 18.4 Å². The Morgan fingerprint density at radius 2 is 1.64 bits per heavy atom. The molecule has 0 radical (unpaired) electrons. The van der Waals surface area contributed by atoms with Gasteiger partial charge in [-0.1, -0.05) is 43.7 Å². The molecular formula is C13H18O. The summed E-state index contributed by atoms with van der Waals surface area (Å²) in [5.41, 5.74) is 2.05. The molecule has 0 aliphatic heterocycles. The quantitative estimate of drug-likeness (QED) is 0.663. The molecule has 0 spiro atoms. The highest BCUT2D eigenvalue weighted by atomic mass is 16.1. The highest BCUT2D eigenvalue weighted by Gasteiger charge is 2.15. The van der Waals surface area contributed by atoms with Crippen LogP contribution in [0.3, 0.4) is 0 Å². The van der Waals surface area contributed by atoms with Crippen LogP contribution in [0.25, 0.3) is 0 Å².